The number of hydrogen-bond acceptors (Lipinski definition) is 3. The maximum Gasteiger partial charge on any atom is 0.282 e. The van der Waals surface area contributed by atoms with E-state index < -0.39 is 10.2 Å². The minimum absolute atomic E-state index is 0.0677. The van der Waals surface area contributed by atoms with Gasteiger partial charge in [-0.15, -0.1) is 0 Å². The number of rotatable bonds is 6. The van der Waals surface area contributed by atoms with Crippen LogP contribution in [0.3, 0.4) is 0 Å². The van der Waals surface area contributed by atoms with Crippen molar-refractivity contribution in [3.8, 4) is 0 Å². The Morgan fingerprint density at radius 3 is 2.45 bits per heavy atom. The first-order valence-corrected chi connectivity index (χ1v) is 8.41. The van der Waals surface area contributed by atoms with Crippen molar-refractivity contribution in [1.29, 1.82) is 0 Å². The average Bonchev–Trinajstić information content (AvgIpc) is 2.91. The molecule has 0 radical (unpaired) electrons. The van der Waals surface area contributed by atoms with Crippen LogP contribution in [-0.2, 0) is 16.8 Å². The minimum Gasteiger partial charge on any atom is -0.464 e. The zero-order chi connectivity index (χ0) is 15.1. The monoisotopic (exact) mass is 300 g/mol. The van der Waals surface area contributed by atoms with Gasteiger partial charge in [0, 0.05) is 26.1 Å². The lowest BCUT2D eigenvalue weighted by Gasteiger charge is -2.26. The molecule has 0 aliphatic heterocycles. The van der Waals surface area contributed by atoms with Crippen LogP contribution in [-0.4, -0.2) is 37.2 Å². The molecule has 2 atom stereocenters. The maximum atomic E-state index is 12.3. The maximum absolute atomic E-state index is 12.3. The Bertz CT molecular complexity index is 565. The van der Waals surface area contributed by atoms with E-state index in [9.17, 15) is 8.42 Å². The summed E-state index contributed by atoms with van der Waals surface area (Å²) < 4.78 is 33.0. The summed E-state index contributed by atoms with van der Waals surface area (Å²) in [5, 5.41) is 0. The predicted octanol–water partition coefficient (Wildman–Crippen LogP) is 2.42. The van der Waals surface area contributed by atoms with Crippen molar-refractivity contribution in [1.82, 2.24) is 8.61 Å². The second kappa shape index (κ2) is 5.50. The third-order valence-electron chi connectivity index (χ3n) is 4.02. The van der Waals surface area contributed by atoms with Crippen LogP contribution in [0, 0.1) is 5.92 Å². The number of nitrogens with zero attached hydrogens (tertiary/aromatic N) is 2. The van der Waals surface area contributed by atoms with E-state index in [2.05, 4.69) is 6.92 Å². The van der Waals surface area contributed by atoms with E-state index in [-0.39, 0.29) is 12.6 Å². The smallest absolute Gasteiger partial charge is 0.282 e. The van der Waals surface area contributed by atoms with Gasteiger partial charge in [-0.05, 0) is 38.3 Å². The van der Waals surface area contributed by atoms with Crippen LogP contribution < -0.4 is 0 Å². The lowest BCUT2D eigenvalue weighted by Crippen LogP contribution is -2.42. The molecule has 1 heterocycles. The topological polar surface area (TPSA) is 53.8 Å². The minimum atomic E-state index is -3.44. The molecule has 0 amide bonds. The van der Waals surface area contributed by atoms with Gasteiger partial charge >= 0.3 is 0 Å². The Labute approximate surface area is 121 Å². The van der Waals surface area contributed by atoms with Gasteiger partial charge in [0.1, 0.15) is 11.5 Å². The van der Waals surface area contributed by atoms with Crippen LogP contribution in [0.25, 0.3) is 0 Å². The molecule has 1 fully saturated rings. The highest BCUT2D eigenvalue weighted by Crippen LogP contribution is 2.47. The van der Waals surface area contributed by atoms with Gasteiger partial charge in [-0.25, -0.2) is 0 Å². The third-order valence-corrected chi connectivity index (χ3v) is 6.09. The van der Waals surface area contributed by atoms with Gasteiger partial charge < -0.3 is 4.42 Å². The second-order valence-electron chi connectivity index (χ2n) is 6.00. The Morgan fingerprint density at radius 2 is 1.95 bits per heavy atom. The van der Waals surface area contributed by atoms with E-state index in [1.165, 1.54) is 8.61 Å². The molecule has 2 rings (SSSR count). The quantitative estimate of drug-likeness (QED) is 0.810. The lowest BCUT2D eigenvalue weighted by atomic mass is 10.3. The molecule has 1 aromatic heterocycles. The fourth-order valence-electron chi connectivity index (χ4n) is 2.18. The fourth-order valence-corrected chi connectivity index (χ4v) is 3.45. The Morgan fingerprint density at radius 1 is 1.35 bits per heavy atom. The molecule has 6 heteroatoms. The molecule has 1 saturated carbocycles. The molecule has 0 spiro atoms. The molecule has 0 saturated heterocycles. The molecule has 1 aliphatic carbocycles. The van der Waals surface area contributed by atoms with Gasteiger partial charge in [0.05, 0.1) is 6.54 Å². The molecule has 0 unspecified atom stereocenters. The van der Waals surface area contributed by atoms with Crippen LogP contribution in [0.4, 0.5) is 0 Å². The fraction of sp³-hybridized carbons (Fsp3) is 0.714. The highest BCUT2D eigenvalue weighted by molar-refractivity contribution is 7.86. The van der Waals surface area contributed by atoms with Crippen LogP contribution in [0.15, 0.2) is 16.5 Å². The van der Waals surface area contributed by atoms with Crippen molar-refractivity contribution in [2.45, 2.75) is 45.7 Å². The largest absolute Gasteiger partial charge is 0.464 e. The lowest BCUT2D eigenvalue weighted by molar-refractivity contribution is 0.336. The van der Waals surface area contributed by atoms with Crippen molar-refractivity contribution in [2.75, 3.05) is 14.1 Å². The van der Waals surface area contributed by atoms with E-state index >= 15 is 0 Å². The Kier molecular flexibility index (Phi) is 4.27. The van der Waals surface area contributed by atoms with Gasteiger partial charge in [-0.1, -0.05) is 6.92 Å². The second-order valence-corrected chi connectivity index (χ2v) is 8.09. The van der Waals surface area contributed by atoms with E-state index in [1.54, 1.807) is 14.1 Å². The predicted molar refractivity (Wildman–Crippen MR) is 78.5 cm³/mol. The molecule has 1 aliphatic rings. The van der Waals surface area contributed by atoms with Crippen molar-refractivity contribution >= 4 is 10.2 Å². The summed E-state index contributed by atoms with van der Waals surface area (Å²) in [5.74, 6) is 2.88. The van der Waals surface area contributed by atoms with E-state index in [1.807, 2.05) is 26.0 Å². The van der Waals surface area contributed by atoms with E-state index in [0.29, 0.717) is 17.6 Å². The SMILES string of the molecule is CC(C)N(C)S(=O)(=O)N(C)Cc1ccc([C@H]2C[C@H]2C)o1. The van der Waals surface area contributed by atoms with Gasteiger partial charge in [-0.2, -0.15) is 17.0 Å². The van der Waals surface area contributed by atoms with Gasteiger partial charge in [0.2, 0.25) is 0 Å². The first-order valence-electron chi connectivity index (χ1n) is 7.01. The van der Waals surface area contributed by atoms with Crippen LogP contribution in [0.5, 0.6) is 0 Å². The summed E-state index contributed by atoms with van der Waals surface area (Å²) in [4.78, 5) is 0. The molecule has 0 bridgehead atoms. The van der Waals surface area contributed by atoms with Crippen molar-refractivity contribution in [3.05, 3.63) is 23.7 Å². The van der Waals surface area contributed by atoms with Crippen LogP contribution in [0.2, 0.25) is 0 Å². The third kappa shape index (κ3) is 3.07. The molecule has 20 heavy (non-hydrogen) atoms. The van der Waals surface area contributed by atoms with Gasteiger partial charge in [0.25, 0.3) is 10.2 Å². The average molecular weight is 300 g/mol. The van der Waals surface area contributed by atoms with Crippen molar-refractivity contribution in [2.24, 2.45) is 5.92 Å². The summed E-state index contributed by atoms with van der Waals surface area (Å²) in [6, 6.07) is 3.78. The van der Waals surface area contributed by atoms with E-state index in [0.717, 1.165) is 12.2 Å². The van der Waals surface area contributed by atoms with Gasteiger partial charge in [0.15, 0.2) is 0 Å². The standard InChI is InChI=1S/C14H24N2O3S/c1-10(2)16(5)20(17,18)15(4)9-12-6-7-14(19-12)13-8-11(13)3/h6-7,10-11,13H,8-9H2,1-5H3/t11-,13+/m1/s1. The summed E-state index contributed by atoms with van der Waals surface area (Å²) in [6.45, 7) is 6.16. The van der Waals surface area contributed by atoms with Crippen LogP contribution in [0.1, 0.15) is 44.6 Å². The molecule has 5 nitrogen and oxygen atoms in total. The molecular weight excluding hydrogens is 276 g/mol. The molecule has 114 valence electrons. The Hall–Kier alpha value is -0.850. The summed E-state index contributed by atoms with van der Waals surface area (Å²) in [5.41, 5.74) is 0. The molecular formula is C14H24N2O3S. The number of hydrogen-bond donors (Lipinski definition) is 0. The van der Waals surface area contributed by atoms with Crippen molar-refractivity contribution in [3.63, 3.8) is 0 Å². The summed E-state index contributed by atoms with van der Waals surface area (Å²) >= 11 is 0. The first kappa shape index (κ1) is 15.5. The highest BCUT2D eigenvalue weighted by atomic mass is 32.2. The highest BCUT2D eigenvalue weighted by Gasteiger charge is 2.36. The van der Waals surface area contributed by atoms with Crippen LogP contribution >= 0.6 is 0 Å². The molecule has 0 aromatic carbocycles. The summed E-state index contributed by atoms with van der Waals surface area (Å²) in [6.07, 6.45) is 1.16. The van der Waals surface area contributed by atoms with Gasteiger partial charge in [-0.3, -0.25) is 0 Å². The van der Waals surface area contributed by atoms with E-state index in [4.69, 9.17) is 4.42 Å². The van der Waals surface area contributed by atoms with Crippen molar-refractivity contribution < 1.29 is 12.8 Å². The zero-order valence-electron chi connectivity index (χ0n) is 12.8. The molecule has 1 aromatic rings. The zero-order valence-corrected chi connectivity index (χ0v) is 13.6. The Balaban J connectivity index is 2.04. The normalized spacial score (nSPS) is 23.0. The first-order chi connectivity index (χ1) is 9.23. The number of furan rings is 1. The summed E-state index contributed by atoms with van der Waals surface area (Å²) in [7, 11) is -0.263. The molecule has 0 N–H and O–H groups in total.